The predicted octanol–water partition coefficient (Wildman–Crippen LogP) is 3.29. The molecule has 2 N–H and O–H groups in total. The maximum Gasteiger partial charge on any atom is 0.336 e. The molecule has 0 bridgehead atoms. The second kappa shape index (κ2) is 11.4. The maximum absolute atomic E-state index is 11.9. The van der Waals surface area contributed by atoms with Crippen LogP contribution < -0.4 is 15.2 Å². The highest BCUT2D eigenvalue weighted by molar-refractivity contribution is 7.80. The Morgan fingerprint density at radius 1 is 1.00 bits per heavy atom. The standard InChI is InChI=1S/C21H20N2O6S/c22-21(30)16-7-11-18(12-8-16)29-20(25)13-6-15-4-9-17(10-5-15)28-19(24)3-1-2-14-23(26)27/h4-13H,1-3,14H2,(H2,22,30)/b13-6+. The van der Waals surface area contributed by atoms with E-state index in [-0.39, 0.29) is 18.0 Å². The summed E-state index contributed by atoms with van der Waals surface area (Å²) in [6.45, 7) is -0.163. The van der Waals surface area contributed by atoms with Gasteiger partial charge in [0.05, 0.1) is 0 Å². The minimum Gasteiger partial charge on any atom is -0.427 e. The van der Waals surface area contributed by atoms with E-state index in [9.17, 15) is 19.7 Å². The van der Waals surface area contributed by atoms with E-state index < -0.39 is 16.9 Å². The van der Waals surface area contributed by atoms with E-state index in [0.29, 0.717) is 35.5 Å². The first-order valence-corrected chi connectivity index (χ1v) is 9.46. The zero-order valence-electron chi connectivity index (χ0n) is 16.0. The fourth-order valence-electron chi connectivity index (χ4n) is 2.34. The molecule has 9 heteroatoms. The zero-order valence-corrected chi connectivity index (χ0v) is 16.8. The molecule has 0 aromatic heterocycles. The average molecular weight is 428 g/mol. The summed E-state index contributed by atoms with van der Waals surface area (Å²) in [5, 5.41) is 10.2. The monoisotopic (exact) mass is 428 g/mol. The molecule has 0 heterocycles. The number of unbranched alkanes of at least 4 members (excludes halogenated alkanes) is 1. The number of hydrogen-bond donors (Lipinski definition) is 1. The van der Waals surface area contributed by atoms with Crippen LogP contribution in [0.15, 0.2) is 54.6 Å². The number of nitrogens with zero attached hydrogens (tertiary/aromatic N) is 1. The topological polar surface area (TPSA) is 122 Å². The van der Waals surface area contributed by atoms with Crippen molar-refractivity contribution < 1.29 is 24.0 Å². The van der Waals surface area contributed by atoms with Crippen molar-refractivity contribution in [1.29, 1.82) is 0 Å². The average Bonchev–Trinajstić information content (AvgIpc) is 2.71. The Morgan fingerprint density at radius 3 is 2.20 bits per heavy atom. The Bertz CT molecular complexity index is 939. The number of hydrogen-bond acceptors (Lipinski definition) is 7. The quantitative estimate of drug-likeness (QED) is 0.116. The highest BCUT2D eigenvalue weighted by Crippen LogP contribution is 2.16. The first-order chi connectivity index (χ1) is 14.3. The number of nitrogens with two attached hydrogens (primary N) is 1. The summed E-state index contributed by atoms with van der Waals surface area (Å²) in [5.41, 5.74) is 6.90. The Balaban J connectivity index is 1.80. The summed E-state index contributed by atoms with van der Waals surface area (Å²) < 4.78 is 10.4. The molecule has 0 amide bonds. The van der Waals surface area contributed by atoms with Gasteiger partial charge in [-0.15, -0.1) is 0 Å². The van der Waals surface area contributed by atoms with Crippen LogP contribution in [0.25, 0.3) is 6.08 Å². The van der Waals surface area contributed by atoms with Crippen LogP contribution in [0.4, 0.5) is 0 Å². The second-order valence-corrected chi connectivity index (χ2v) is 6.64. The third kappa shape index (κ3) is 8.19. The number of carbonyl (C=O) groups excluding carboxylic acids is 2. The fourth-order valence-corrected chi connectivity index (χ4v) is 2.48. The number of nitro groups is 1. The first kappa shape index (κ1) is 22.7. The Kier molecular flexibility index (Phi) is 8.64. The van der Waals surface area contributed by atoms with E-state index in [1.807, 2.05) is 0 Å². The van der Waals surface area contributed by atoms with Gasteiger partial charge in [0.1, 0.15) is 16.5 Å². The van der Waals surface area contributed by atoms with Crippen LogP contribution in [-0.2, 0) is 9.59 Å². The lowest BCUT2D eigenvalue weighted by Gasteiger charge is -2.04. The highest BCUT2D eigenvalue weighted by Gasteiger charge is 2.07. The maximum atomic E-state index is 11.9. The van der Waals surface area contributed by atoms with Gasteiger partial charge in [0, 0.05) is 29.4 Å². The number of esters is 2. The molecule has 0 aliphatic heterocycles. The number of rotatable bonds is 10. The first-order valence-electron chi connectivity index (χ1n) is 9.06. The Hall–Kier alpha value is -3.59. The number of thiocarbonyl (C=S) groups is 1. The van der Waals surface area contributed by atoms with Crippen molar-refractivity contribution in [1.82, 2.24) is 0 Å². The van der Waals surface area contributed by atoms with Gasteiger partial charge in [0.25, 0.3) is 0 Å². The van der Waals surface area contributed by atoms with Crippen LogP contribution in [-0.4, -0.2) is 28.4 Å². The molecule has 30 heavy (non-hydrogen) atoms. The van der Waals surface area contributed by atoms with E-state index >= 15 is 0 Å². The highest BCUT2D eigenvalue weighted by atomic mass is 32.1. The van der Waals surface area contributed by atoms with Crippen molar-refractivity contribution in [3.05, 3.63) is 75.8 Å². The van der Waals surface area contributed by atoms with Crippen molar-refractivity contribution in [2.75, 3.05) is 6.54 Å². The molecular formula is C21H20N2O6S. The van der Waals surface area contributed by atoms with Crippen LogP contribution in [0.1, 0.15) is 30.4 Å². The molecule has 0 fully saturated rings. The Labute approximate surface area is 178 Å². The molecule has 2 rings (SSSR count). The molecule has 2 aromatic rings. The van der Waals surface area contributed by atoms with Crippen LogP contribution >= 0.6 is 12.2 Å². The zero-order chi connectivity index (χ0) is 21.9. The van der Waals surface area contributed by atoms with Gasteiger partial charge in [-0.3, -0.25) is 14.9 Å². The van der Waals surface area contributed by atoms with Gasteiger partial charge in [0.15, 0.2) is 0 Å². The molecule has 0 saturated heterocycles. The Morgan fingerprint density at radius 2 is 1.60 bits per heavy atom. The largest absolute Gasteiger partial charge is 0.427 e. The van der Waals surface area contributed by atoms with Gasteiger partial charge >= 0.3 is 11.9 Å². The minimum absolute atomic E-state index is 0.110. The molecule has 0 saturated carbocycles. The molecule has 0 aliphatic carbocycles. The van der Waals surface area contributed by atoms with Gasteiger partial charge in [-0.25, -0.2) is 4.79 Å². The lowest BCUT2D eigenvalue weighted by Crippen LogP contribution is -2.09. The summed E-state index contributed by atoms with van der Waals surface area (Å²) in [7, 11) is 0. The lowest BCUT2D eigenvalue weighted by atomic mass is 10.2. The molecule has 156 valence electrons. The van der Waals surface area contributed by atoms with Crippen LogP contribution in [0, 0.1) is 10.1 Å². The van der Waals surface area contributed by atoms with E-state index in [0.717, 1.165) is 0 Å². The summed E-state index contributed by atoms with van der Waals surface area (Å²) in [6, 6.07) is 13.1. The minimum atomic E-state index is -0.552. The summed E-state index contributed by atoms with van der Waals surface area (Å²) in [6.07, 6.45) is 3.67. The molecule has 0 unspecified atom stereocenters. The predicted molar refractivity (Wildman–Crippen MR) is 115 cm³/mol. The van der Waals surface area contributed by atoms with Crippen LogP contribution in [0.2, 0.25) is 0 Å². The molecule has 2 aromatic carbocycles. The molecule has 0 radical (unpaired) electrons. The van der Waals surface area contributed by atoms with Crippen molar-refractivity contribution >= 4 is 35.2 Å². The van der Waals surface area contributed by atoms with E-state index in [1.54, 1.807) is 54.6 Å². The van der Waals surface area contributed by atoms with Gasteiger partial charge < -0.3 is 15.2 Å². The fraction of sp³-hybridized carbons (Fsp3) is 0.190. The summed E-state index contributed by atoms with van der Waals surface area (Å²) >= 11 is 4.86. The van der Waals surface area contributed by atoms with E-state index in [1.165, 1.54) is 6.08 Å². The SMILES string of the molecule is NC(=S)c1ccc(OC(=O)/C=C/c2ccc(OC(=O)CCCC[N+](=O)[O-])cc2)cc1. The number of benzene rings is 2. The molecule has 0 spiro atoms. The third-order valence-corrected chi connectivity index (χ3v) is 4.09. The van der Waals surface area contributed by atoms with Crippen molar-refractivity contribution in [3.8, 4) is 11.5 Å². The van der Waals surface area contributed by atoms with E-state index in [2.05, 4.69) is 0 Å². The third-order valence-electron chi connectivity index (χ3n) is 3.85. The van der Waals surface area contributed by atoms with E-state index in [4.69, 9.17) is 27.4 Å². The molecule has 8 nitrogen and oxygen atoms in total. The normalized spacial score (nSPS) is 10.5. The summed E-state index contributed by atoms with van der Waals surface area (Å²) in [5.74, 6) is -0.285. The van der Waals surface area contributed by atoms with Crippen molar-refractivity contribution in [2.24, 2.45) is 5.73 Å². The smallest absolute Gasteiger partial charge is 0.336 e. The summed E-state index contributed by atoms with van der Waals surface area (Å²) in [4.78, 5) is 33.7. The van der Waals surface area contributed by atoms with Crippen LogP contribution in [0.5, 0.6) is 11.5 Å². The van der Waals surface area contributed by atoms with Gasteiger partial charge in [-0.2, -0.15) is 0 Å². The molecule has 0 aliphatic rings. The van der Waals surface area contributed by atoms with Gasteiger partial charge in [-0.05, 0) is 54.5 Å². The van der Waals surface area contributed by atoms with Gasteiger partial charge in [-0.1, -0.05) is 24.4 Å². The number of carbonyl (C=O) groups is 2. The van der Waals surface area contributed by atoms with Crippen LogP contribution in [0.3, 0.4) is 0 Å². The van der Waals surface area contributed by atoms with Crippen molar-refractivity contribution in [3.63, 3.8) is 0 Å². The lowest BCUT2D eigenvalue weighted by molar-refractivity contribution is -0.480. The van der Waals surface area contributed by atoms with Gasteiger partial charge in [0.2, 0.25) is 6.54 Å². The molecular weight excluding hydrogens is 408 g/mol. The number of ether oxygens (including phenoxy) is 2. The molecule has 0 atom stereocenters. The van der Waals surface area contributed by atoms with Crippen molar-refractivity contribution in [2.45, 2.75) is 19.3 Å². The second-order valence-electron chi connectivity index (χ2n) is 6.20.